The fourth-order valence-electron chi connectivity index (χ4n) is 2.20. The van der Waals surface area contributed by atoms with Gasteiger partial charge in [-0.3, -0.25) is 5.41 Å². The van der Waals surface area contributed by atoms with Crippen molar-refractivity contribution in [1.29, 1.82) is 5.41 Å². The second kappa shape index (κ2) is 6.67. The molecule has 1 aromatic carbocycles. The molecule has 1 aliphatic heterocycles. The molecule has 0 bridgehead atoms. The van der Waals surface area contributed by atoms with Crippen LogP contribution in [0.25, 0.3) is 0 Å². The summed E-state index contributed by atoms with van der Waals surface area (Å²) in [6.45, 7) is 8.05. The Morgan fingerprint density at radius 3 is 2.38 bits per heavy atom. The van der Waals surface area contributed by atoms with E-state index in [1.165, 1.54) is 0 Å². The van der Waals surface area contributed by atoms with Crippen molar-refractivity contribution in [3.63, 3.8) is 0 Å². The summed E-state index contributed by atoms with van der Waals surface area (Å²) in [7, 11) is 0. The maximum atomic E-state index is 8.14. The zero-order chi connectivity index (χ0) is 15.3. The minimum Gasteiger partial charge on any atom is -0.444 e. The Bertz CT molecular complexity index is 528. The van der Waals surface area contributed by atoms with E-state index in [4.69, 9.17) is 10.1 Å². The van der Waals surface area contributed by atoms with Crippen LogP contribution in [0, 0.1) is 22.7 Å². The Labute approximate surface area is 127 Å². The Balaban J connectivity index is 2.15. The molecule has 1 aliphatic rings. The van der Waals surface area contributed by atoms with Crippen molar-refractivity contribution in [3.8, 4) is 11.8 Å². The van der Waals surface area contributed by atoms with Gasteiger partial charge in [0.1, 0.15) is 0 Å². The molecule has 1 saturated heterocycles. The second-order valence-corrected chi connectivity index (χ2v) is 6.43. The first-order valence-electron chi connectivity index (χ1n) is 7.53. The third-order valence-electron chi connectivity index (χ3n) is 3.30. The standard InChI is InChI=1S/C18H24N2O/c1-18(2,3)12-11-16(15-9-5-4-6-10-15)21-17(19)20-13-7-8-14-20/h4-6,9-10,16,19H,7-8,13-14H2,1-3H3. The maximum Gasteiger partial charge on any atom is 0.286 e. The number of rotatable bonds is 2. The molecule has 3 heteroatoms. The van der Waals surface area contributed by atoms with Gasteiger partial charge in [0.05, 0.1) is 0 Å². The molecule has 0 saturated carbocycles. The minimum atomic E-state index is -0.376. The highest BCUT2D eigenvalue weighted by Gasteiger charge is 2.20. The van der Waals surface area contributed by atoms with Gasteiger partial charge in [0.25, 0.3) is 6.02 Å². The van der Waals surface area contributed by atoms with Crippen LogP contribution < -0.4 is 0 Å². The predicted octanol–water partition coefficient (Wildman–Crippen LogP) is 3.82. The van der Waals surface area contributed by atoms with Crippen molar-refractivity contribution in [2.24, 2.45) is 5.41 Å². The average molecular weight is 284 g/mol. The molecule has 3 nitrogen and oxygen atoms in total. The van der Waals surface area contributed by atoms with Crippen molar-refractivity contribution in [3.05, 3.63) is 35.9 Å². The predicted molar refractivity (Wildman–Crippen MR) is 86.0 cm³/mol. The summed E-state index contributed by atoms with van der Waals surface area (Å²) < 4.78 is 5.85. The van der Waals surface area contributed by atoms with Gasteiger partial charge in [0.15, 0.2) is 6.10 Å². The molecule has 1 N–H and O–H groups in total. The third kappa shape index (κ3) is 4.82. The fourth-order valence-corrected chi connectivity index (χ4v) is 2.20. The quantitative estimate of drug-likeness (QED) is 0.509. The summed E-state index contributed by atoms with van der Waals surface area (Å²) in [5.41, 5.74) is 0.921. The van der Waals surface area contributed by atoms with Crippen LogP contribution >= 0.6 is 0 Å². The molecule has 2 rings (SSSR count). The number of nitrogens with one attached hydrogen (secondary N) is 1. The maximum absolute atomic E-state index is 8.14. The van der Waals surface area contributed by atoms with E-state index in [1.807, 2.05) is 35.2 Å². The Hall–Kier alpha value is -1.95. The molecule has 1 atom stereocenters. The first kappa shape index (κ1) is 15.4. The lowest BCUT2D eigenvalue weighted by atomic mass is 9.97. The number of hydrogen-bond donors (Lipinski definition) is 1. The van der Waals surface area contributed by atoms with Crippen LogP contribution in [0.1, 0.15) is 45.3 Å². The van der Waals surface area contributed by atoms with Crippen molar-refractivity contribution in [2.75, 3.05) is 13.1 Å². The van der Waals surface area contributed by atoms with E-state index in [0.717, 1.165) is 31.5 Å². The molecule has 1 aromatic rings. The van der Waals surface area contributed by atoms with Gasteiger partial charge in [0, 0.05) is 24.1 Å². The zero-order valence-electron chi connectivity index (χ0n) is 13.1. The van der Waals surface area contributed by atoms with Gasteiger partial charge in [0.2, 0.25) is 0 Å². The summed E-state index contributed by atoms with van der Waals surface area (Å²) >= 11 is 0. The summed E-state index contributed by atoms with van der Waals surface area (Å²) in [5.74, 6) is 6.42. The number of ether oxygens (including phenoxy) is 1. The largest absolute Gasteiger partial charge is 0.444 e. The van der Waals surface area contributed by atoms with E-state index in [-0.39, 0.29) is 17.5 Å². The lowest BCUT2D eigenvalue weighted by Crippen LogP contribution is -2.30. The van der Waals surface area contributed by atoms with E-state index in [2.05, 4.69) is 32.6 Å². The number of nitrogens with zero attached hydrogens (tertiary/aromatic N) is 1. The molecular weight excluding hydrogens is 260 g/mol. The molecule has 0 amide bonds. The van der Waals surface area contributed by atoms with Crippen LogP contribution in [0.3, 0.4) is 0 Å². The van der Waals surface area contributed by atoms with E-state index in [1.54, 1.807) is 0 Å². The van der Waals surface area contributed by atoms with Gasteiger partial charge in [-0.25, -0.2) is 0 Å². The molecule has 0 aliphatic carbocycles. The smallest absolute Gasteiger partial charge is 0.286 e. The second-order valence-electron chi connectivity index (χ2n) is 6.43. The van der Waals surface area contributed by atoms with Gasteiger partial charge in [-0.15, -0.1) is 0 Å². The van der Waals surface area contributed by atoms with E-state index in [9.17, 15) is 0 Å². The van der Waals surface area contributed by atoms with Gasteiger partial charge in [-0.1, -0.05) is 42.2 Å². The molecule has 1 fully saturated rings. The molecule has 1 unspecified atom stereocenters. The SMILES string of the molecule is CC(C)(C)C#CC(OC(=N)N1CCCC1)c1ccccc1. The molecule has 21 heavy (non-hydrogen) atoms. The minimum absolute atomic E-state index is 0.0772. The van der Waals surface area contributed by atoms with Gasteiger partial charge in [-0.2, -0.15) is 0 Å². The zero-order valence-corrected chi connectivity index (χ0v) is 13.1. The molecule has 112 valence electrons. The number of benzene rings is 1. The number of hydrogen-bond acceptors (Lipinski definition) is 2. The fraction of sp³-hybridized carbons (Fsp3) is 0.500. The van der Waals surface area contributed by atoms with Crippen LogP contribution in [0.5, 0.6) is 0 Å². The van der Waals surface area contributed by atoms with E-state index in [0.29, 0.717) is 0 Å². The van der Waals surface area contributed by atoms with Crippen molar-refractivity contribution in [1.82, 2.24) is 4.90 Å². The third-order valence-corrected chi connectivity index (χ3v) is 3.30. The Kier molecular flexibility index (Phi) is 4.90. The van der Waals surface area contributed by atoms with Gasteiger partial charge < -0.3 is 9.64 Å². The summed E-state index contributed by atoms with van der Waals surface area (Å²) in [4.78, 5) is 1.98. The summed E-state index contributed by atoms with van der Waals surface area (Å²) in [6.07, 6.45) is 1.89. The van der Waals surface area contributed by atoms with Crippen molar-refractivity contribution < 1.29 is 4.74 Å². The Morgan fingerprint density at radius 1 is 1.19 bits per heavy atom. The van der Waals surface area contributed by atoms with Crippen LogP contribution in [0.15, 0.2) is 30.3 Å². The van der Waals surface area contributed by atoms with Crippen LogP contribution in [-0.2, 0) is 4.74 Å². The lowest BCUT2D eigenvalue weighted by Gasteiger charge is -2.22. The molecule has 0 aromatic heterocycles. The monoisotopic (exact) mass is 284 g/mol. The first-order valence-corrected chi connectivity index (χ1v) is 7.53. The van der Waals surface area contributed by atoms with Crippen molar-refractivity contribution in [2.45, 2.75) is 39.7 Å². The Morgan fingerprint density at radius 2 is 1.81 bits per heavy atom. The molecule has 1 heterocycles. The van der Waals surface area contributed by atoms with Crippen LogP contribution in [0.2, 0.25) is 0 Å². The highest BCUT2D eigenvalue weighted by molar-refractivity contribution is 5.71. The van der Waals surface area contributed by atoms with Crippen molar-refractivity contribution >= 4 is 6.02 Å². The summed E-state index contributed by atoms with van der Waals surface area (Å²) in [6, 6.07) is 10.2. The first-order chi connectivity index (χ1) is 9.96. The number of likely N-dealkylation sites (tertiary alicyclic amines) is 1. The van der Waals surface area contributed by atoms with E-state index >= 15 is 0 Å². The average Bonchev–Trinajstić information content (AvgIpc) is 2.97. The number of amidine groups is 1. The lowest BCUT2D eigenvalue weighted by molar-refractivity contribution is 0.199. The van der Waals surface area contributed by atoms with E-state index < -0.39 is 0 Å². The highest BCUT2D eigenvalue weighted by Crippen LogP contribution is 2.20. The topological polar surface area (TPSA) is 36.3 Å². The summed E-state index contributed by atoms with van der Waals surface area (Å²) in [5, 5.41) is 8.14. The molecule has 0 spiro atoms. The van der Waals surface area contributed by atoms with Gasteiger partial charge in [-0.05, 0) is 33.6 Å². The normalized spacial score (nSPS) is 16.0. The van der Waals surface area contributed by atoms with Crippen LogP contribution in [-0.4, -0.2) is 24.0 Å². The molecular formula is C18H24N2O. The molecule has 0 radical (unpaired) electrons. The van der Waals surface area contributed by atoms with Gasteiger partial charge >= 0.3 is 0 Å². The highest BCUT2D eigenvalue weighted by atomic mass is 16.5. The van der Waals surface area contributed by atoms with Crippen LogP contribution in [0.4, 0.5) is 0 Å².